The van der Waals surface area contributed by atoms with Crippen LogP contribution in [0.5, 0.6) is 0 Å². The van der Waals surface area contributed by atoms with Crippen LogP contribution in [0, 0.1) is 5.92 Å². The number of para-hydroxylation sites is 1. The first-order valence-electron chi connectivity index (χ1n) is 13.3. The minimum Gasteiger partial charge on any atom is -0.353 e. The van der Waals surface area contributed by atoms with E-state index in [1.54, 1.807) is 25.1 Å². The second-order valence-corrected chi connectivity index (χ2v) is 11.0. The van der Waals surface area contributed by atoms with Crippen molar-refractivity contribution in [2.45, 2.75) is 19.5 Å². The number of hydrogen-bond donors (Lipinski definition) is 2. The summed E-state index contributed by atoms with van der Waals surface area (Å²) in [5.41, 5.74) is 3.41. The Morgan fingerprint density at radius 3 is 2.41 bits per heavy atom. The van der Waals surface area contributed by atoms with Gasteiger partial charge in [0.25, 0.3) is 5.91 Å². The minimum absolute atomic E-state index is 0.216. The summed E-state index contributed by atoms with van der Waals surface area (Å²) in [7, 11) is 3.83. The third-order valence-corrected chi connectivity index (χ3v) is 7.43. The van der Waals surface area contributed by atoms with Gasteiger partial charge >= 0.3 is 0 Å². The summed E-state index contributed by atoms with van der Waals surface area (Å²) >= 11 is 12.2. The van der Waals surface area contributed by atoms with Crippen LogP contribution in [-0.2, 0) is 20.8 Å². The van der Waals surface area contributed by atoms with E-state index in [0.717, 1.165) is 11.1 Å². The van der Waals surface area contributed by atoms with Crippen molar-refractivity contribution in [2.24, 2.45) is 10.9 Å². The summed E-state index contributed by atoms with van der Waals surface area (Å²) in [6.07, 6.45) is -0.854. The maximum Gasteiger partial charge on any atom is 0.272 e. The van der Waals surface area contributed by atoms with E-state index in [2.05, 4.69) is 10.6 Å². The molecule has 0 saturated carbocycles. The minimum atomic E-state index is -1.24. The number of nitrogens with zero attached hydrogens (tertiary/aromatic N) is 3. The third-order valence-electron chi connectivity index (χ3n) is 6.69. The normalized spacial score (nSPS) is 15.6. The molecule has 3 aromatic rings. The van der Waals surface area contributed by atoms with Gasteiger partial charge in [0.05, 0.1) is 21.4 Å². The fraction of sp³-hybridized carbons (Fsp3) is 0.290. The number of carbonyl (C=O) groups is 3. The van der Waals surface area contributed by atoms with E-state index in [1.807, 2.05) is 73.6 Å². The molecule has 3 amide bonds. The van der Waals surface area contributed by atoms with Gasteiger partial charge in [-0.2, -0.15) is 0 Å². The van der Waals surface area contributed by atoms with E-state index < -0.39 is 18.0 Å². The molecule has 4 rings (SSSR count). The SMILES string of the molecule is C[C@@H](Cc1ccc(Cl)c(Cl)c1)C(=O)NC1N=C(c2ccccc2)c2ccccc2N(CC(=O)NCCN(C)C)C1=O. The molecule has 2 N–H and O–H groups in total. The second-order valence-electron chi connectivity index (χ2n) is 10.2. The highest BCUT2D eigenvalue weighted by Crippen LogP contribution is 2.28. The first kappa shape index (κ1) is 30.2. The zero-order valence-electron chi connectivity index (χ0n) is 23.2. The standard InChI is InChI=1S/C31H33Cl2N5O3/c1-20(17-21-13-14-24(32)25(33)18-21)30(40)36-29-31(41)38(19-27(39)34-15-16-37(2)3)26-12-8-7-11-23(26)28(35-29)22-9-5-4-6-10-22/h4-14,18,20,29H,15-17,19H2,1-3H3,(H,34,39)(H,36,40)/t20-,29?/m0/s1. The summed E-state index contributed by atoms with van der Waals surface area (Å²) in [4.78, 5) is 48.4. The molecule has 1 aliphatic rings. The van der Waals surface area contributed by atoms with Crippen molar-refractivity contribution in [3.8, 4) is 0 Å². The summed E-state index contributed by atoms with van der Waals surface area (Å²) in [5.74, 6) is -1.66. The van der Waals surface area contributed by atoms with Crippen molar-refractivity contribution in [2.75, 3.05) is 38.6 Å². The Hall–Kier alpha value is -3.72. The number of rotatable bonds is 10. The Morgan fingerprint density at radius 2 is 1.71 bits per heavy atom. The fourth-order valence-electron chi connectivity index (χ4n) is 4.52. The monoisotopic (exact) mass is 593 g/mol. The van der Waals surface area contributed by atoms with Gasteiger partial charge in [0.2, 0.25) is 18.0 Å². The van der Waals surface area contributed by atoms with Crippen LogP contribution in [0.3, 0.4) is 0 Å². The average molecular weight is 595 g/mol. The highest BCUT2D eigenvalue weighted by molar-refractivity contribution is 6.42. The van der Waals surface area contributed by atoms with Crippen LogP contribution in [-0.4, -0.2) is 68.2 Å². The Bertz CT molecular complexity index is 1440. The smallest absolute Gasteiger partial charge is 0.272 e. The number of hydrogen-bond acceptors (Lipinski definition) is 5. The van der Waals surface area contributed by atoms with E-state index in [4.69, 9.17) is 28.2 Å². The van der Waals surface area contributed by atoms with Gasteiger partial charge in [-0.25, -0.2) is 4.99 Å². The highest BCUT2D eigenvalue weighted by atomic mass is 35.5. The zero-order chi connectivity index (χ0) is 29.5. The van der Waals surface area contributed by atoms with Crippen LogP contribution < -0.4 is 15.5 Å². The lowest BCUT2D eigenvalue weighted by Gasteiger charge is -2.25. The Morgan fingerprint density at radius 1 is 1.00 bits per heavy atom. The van der Waals surface area contributed by atoms with Crippen molar-refractivity contribution in [3.05, 3.63) is 99.5 Å². The third kappa shape index (κ3) is 7.73. The fourth-order valence-corrected chi connectivity index (χ4v) is 4.84. The topological polar surface area (TPSA) is 94.1 Å². The number of halogens is 2. The predicted molar refractivity (Wildman–Crippen MR) is 164 cm³/mol. The van der Waals surface area contributed by atoms with Gasteiger partial charge in [0.15, 0.2) is 0 Å². The molecule has 1 aliphatic heterocycles. The molecule has 0 fully saturated rings. The lowest BCUT2D eigenvalue weighted by molar-refractivity contribution is -0.130. The van der Waals surface area contributed by atoms with Crippen LogP contribution in [0.25, 0.3) is 0 Å². The molecule has 1 unspecified atom stereocenters. The maximum atomic E-state index is 14.0. The molecule has 0 aromatic heterocycles. The number of anilines is 1. The first-order valence-corrected chi connectivity index (χ1v) is 14.1. The van der Waals surface area contributed by atoms with Crippen LogP contribution >= 0.6 is 23.2 Å². The van der Waals surface area contributed by atoms with Crippen LogP contribution in [0.2, 0.25) is 10.0 Å². The summed E-state index contributed by atoms with van der Waals surface area (Å²) in [6.45, 7) is 2.65. The molecule has 8 nitrogen and oxygen atoms in total. The van der Waals surface area contributed by atoms with Crippen molar-refractivity contribution >= 4 is 52.3 Å². The zero-order valence-corrected chi connectivity index (χ0v) is 24.7. The lowest BCUT2D eigenvalue weighted by Crippen LogP contribution is -2.51. The molecule has 214 valence electrons. The largest absolute Gasteiger partial charge is 0.353 e. The molecular weight excluding hydrogens is 561 g/mol. The number of fused-ring (bicyclic) bond motifs is 1. The van der Waals surface area contributed by atoms with Crippen molar-refractivity contribution in [3.63, 3.8) is 0 Å². The van der Waals surface area contributed by atoms with Gasteiger partial charge in [-0.05, 0) is 44.3 Å². The van der Waals surface area contributed by atoms with Crippen molar-refractivity contribution < 1.29 is 14.4 Å². The number of aliphatic imine (C=N–C) groups is 1. The number of likely N-dealkylation sites (N-methyl/N-ethyl adjacent to an activating group) is 1. The number of carbonyl (C=O) groups excluding carboxylic acids is 3. The van der Waals surface area contributed by atoms with Gasteiger partial charge < -0.3 is 15.5 Å². The van der Waals surface area contributed by atoms with E-state index in [0.29, 0.717) is 46.5 Å². The number of benzodiazepines with no additional fused rings is 1. The van der Waals surface area contributed by atoms with Crippen molar-refractivity contribution in [1.82, 2.24) is 15.5 Å². The molecule has 0 aliphatic carbocycles. The molecule has 0 bridgehead atoms. The Labute approximate surface area is 250 Å². The lowest BCUT2D eigenvalue weighted by atomic mass is 10.00. The summed E-state index contributed by atoms with van der Waals surface area (Å²) in [6, 6.07) is 22.0. The quantitative estimate of drug-likeness (QED) is 0.369. The van der Waals surface area contributed by atoms with E-state index in [1.165, 1.54) is 4.90 Å². The van der Waals surface area contributed by atoms with Gasteiger partial charge in [-0.15, -0.1) is 0 Å². The van der Waals surface area contributed by atoms with Gasteiger partial charge in [-0.1, -0.05) is 84.7 Å². The van der Waals surface area contributed by atoms with Gasteiger partial charge in [0.1, 0.15) is 6.54 Å². The number of nitrogens with one attached hydrogen (secondary N) is 2. The molecule has 10 heteroatoms. The van der Waals surface area contributed by atoms with Crippen LogP contribution in [0.1, 0.15) is 23.6 Å². The summed E-state index contributed by atoms with van der Waals surface area (Å²) in [5, 5.41) is 6.54. The molecule has 0 spiro atoms. The molecular formula is C31H33Cl2N5O3. The predicted octanol–water partition coefficient (Wildman–Crippen LogP) is 4.18. The number of benzene rings is 3. The van der Waals surface area contributed by atoms with E-state index >= 15 is 0 Å². The van der Waals surface area contributed by atoms with Gasteiger partial charge in [-0.3, -0.25) is 19.3 Å². The molecule has 0 saturated heterocycles. The summed E-state index contributed by atoms with van der Waals surface area (Å²) < 4.78 is 0. The molecule has 3 aromatic carbocycles. The van der Waals surface area contributed by atoms with Crippen molar-refractivity contribution in [1.29, 1.82) is 0 Å². The maximum absolute atomic E-state index is 14.0. The van der Waals surface area contributed by atoms with Gasteiger partial charge in [0, 0.05) is 30.1 Å². The molecule has 1 heterocycles. The highest BCUT2D eigenvalue weighted by Gasteiger charge is 2.34. The van der Waals surface area contributed by atoms with Crippen LogP contribution in [0.15, 0.2) is 77.8 Å². The molecule has 2 atom stereocenters. The second kappa shape index (κ2) is 13.8. The molecule has 41 heavy (non-hydrogen) atoms. The average Bonchev–Trinajstić information content (AvgIpc) is 3.06. The first-order chi connectivity index (χ1) is 19.6. The van der Waals surface area contributed by atoms with Crippen LogP contribution in [0.4, 0.5) is 5.69 Å². The molecule has 0 radical (unpaired) electrons. The van der Waals surface area contributed by atoms with E-state index in [-0.39, 0.29) is 18.4 Å². The number of amides is 3. The Kier molecular flexibility index (Phi) is 10.2. The Balaban J connectivity index is 1.65. The van der Waals surface area contributed by atoms with E-state index in [9.17, 15) is 14.4 Å².